The fourth-order valence-electron chi connectivity index (χ4n) is 3.01. The van der Waals surface area contributed by atoms with Crippen LogP contribution in [-0.2, 0) is 0 Å². The minimum absolute atomic E-state index is 0.264. The van der Waals surface area contributed by atoms with Crippen molar-refractivity contribution in [3.8, 4) is 17.2 Å². The Morgan fingerprint density at radius 1 is 1.10 bits per heavy atom. The Bertz CT molecular complexity index is 1020. The molecule has 152 valence electrons. The van der Waals surface area contributed by atoms with Crippen LogP contribution in [0.1, 0.15) is 22.2 Å². The van der Waals surface area contributed by atoms with Crippen LogP contribution in [0.3, 0.4) is 0 Å². The fourth-order valence-corrected chi connectivity index (χ4v) is 4.17. The zero-order chi connectivity index (χ0) is 21.0. The topological polar surface area (TPSA) is 92.3 Å². The minimum Gasteiger partial charge on any atom is -0.493 e. The van der Waals surface area contributed by atoms with Crippen molar-refractivity contribution in [2.75, 3.05) is 20.8 Å². The van der Waals surface area contributed by atoms with Crippen LogP contribution in [0.5, 0.6) is 11.5 Å². The van der Waals surface area contributed by atoms with E-state index in [1.807, 2.05) is 48.7 Å². The van der Waals surface area contributed by atoms with E-state index >= 15 is 0 Å². The standard InChI is InChI=1S/C20H22N4O4S/c1-13-6-5-7-16(10-13)24-14(2)21-22-20(24)29-19(12-23(25)26)15-8-9-17(27-3)18(11-15)28-4/h5-11,19H,12H2,1-4H3/t19-/m1/s1. The highest BCUT2D eigenvalue weighted by Crippen LogP contribution is 2.39. The Morgan fingerprint density at radius 2 is 1.86 bits per heavy atom. The molecule has 0 aliphatic carbocycles. The van der Waals surface area contributed by atoms with E-state index in [0.717, 1.165) is 16.8 Å². The Labute approximate surface area is 173 Å². The predicted octanol–water partition coefficient (Wildman–Crippen LogP) is 4.01. The van der Waals surface area contributed by atoms with Crippen LogP contribution in [0.2, 0.25) is 0 Å². The van der Waals surface area contributed by atoms with E-state index in [1.54, 1.807) is 19.2 Å². The maximum absolute atomic E-state index is 11.3. The number of rotatable bonds is 8. The first kappa shape index (κ1) is 20.7. The van der Waals surface area contributed by atoms with Crippen LogP contribution >= 0.6 is 11.8 Å². The molecule has 0 N–H and O–H groups in total. The van der Waals surface area contributed by atoms with E-state index in [-0.39, 0.29) is 11.5 Å². The molecule has 0 aliphatic heterocycles. The highest BCUT2D eigenvalue weighted by atomic mass is 32.2. The summed E-state index contributed by atoms with van der Waals surface area (Å²) >= 11 is 1.30. The first-order valence-corrected chi connectivity index (χ1v) is 9.80. The van der Waals surface area contributed by atoms with Gasteiger partial charge in [0, 0.05) is 10.6 Å². The molecule has 0 radical (unpaired) electrons. The molecule has 3 rings (SSSR count). The molecule has 9 heteroatoms. The molecule has 0 saturated heterocycles. The van der Waals surface area contributed by atoms with Gasteiger partial charge < -0.3 is 9.47 Å². The number of nitrogens with zero attached hydrogens (tertiary/aromatic N) is 4. The maximum atomic E-state index is 11.3. The van der Waals surface area contributed by atoms with E-state index in [4.69, 9.17) is 9.47 Å². The van der Waals surface area contributed by atoms with Crippen molar-refractivity contribution in [2.45, 2.75) is 24.3 Å². The second kappa shape index (κ2) is 8.95. The fraction of sp³-hybridized carbons (Fsp3) is 0.300. The second-order valence-corrected chi connectivity index (χ2v) is 7.61. The molecular weight excluding hydrogens is 392 g/mol. The summed E-state index contributed by atoms with van der Waals surface area (Å²) in [5.41, 5.74) is 2.77. The van der Waals surface area contributed by atoms with Gasteiger partial charge in [-0.2, -0.15) is 0 Å². The summed E-state index contributed by atoms with van der Waals surface area (Å²) in [5, 5.41) is 19.9. The lowest BCUT2D eigenvalue weighted by Crippen LogP contribution is -2.11. The molecule has 8 nitrogen and oxygen atoms in total. The Hall–Kier alpha value is -3.07. The number of nitro groups is 1. The molecule has 0 fully saturated rings. The van der Waals surface area contributed by atoms with Gasteiger partial charge in [0.25, 0.3) is 0 Å². The van der Waals surface area contributed by atoms with Gasteiger partial charge in [-0.25, -0.2) is 0 Å². The molecule has 0 aliphatic rings. The van der Waals surface area contributed by atoms with E-state index in [0.29, 0.717) is 22.5 Å². The highest BCUT2D eigenvalue weighted by molar-refractivity contribution is 7.99. The first-order valence-electron chi connectivity index (χ1n) is 8.92. The van der Waals surface area contributed by atoms with E-state index in [9.17, 15) is 10.1 Å². The van der Waals surface area contributed by atoms with Gasteiger partial charge in [-0.05, 0) is 49.2 Å². The lowest BCUT2D eigenvalue weighted by molar-refractivity contribution is -0.479. The molecular formula is C20H22N4O4S. The molecule has 1 aromatic heterocycles. The smallest absolute Gasteiger partial charge is 0.220 e. The highest BCUT2D eigenvalue weighted by Gasteiger charge is 2.25. The summed E-state index contributed by atoms with van der Waals surface area (Å²) in [4.78, 5) is 11.0. The van der Waals surface area contributed by atoms with Gasteiger partial charge in [0.2, 0.25) is 6.54 Å². The van der Waals surface area contributed by atoms with Crippen molar-refractivity contribution < 1.29 is 14.4 Å². The van der Waals surface area contributed by atoms with E-state index in [1.165, 1.54) is 18.9 Å². The molecule has 29 heavy (non-hydrogen) atoms. The van der Waals surface area contributed by atoms with Gasteiger partial charge in [-0.3, -0.25) is 14.7 Å². The number of methoxy groups -OCH3 is 2. The minimum atomic E-state index is -0.475. The van der Waals surface area contributed by atoms with Gasteiger partial charge in [-0.1, -0.05) is 30.0 Å². The number of aromatic nitrogens is 3. The first-order chi connectivity index (χ1) is 13.9. The van der Waals surface area contributed by atoms with Crippen molar-refractivity contribution in [3.05, 3.63) is 69.5 Å². The van der Waals surface area contributed by atoms with Gasteiger partial charge in [0.05, 0.1) is 14.2 Å². The second-order valence-electron chi connectivity index (χ2n) is 6.44. The largest absolute Gasteiger partial charge is 0.493 e. The Balaban J connectivity index is 2.00. The SMILES string of the molecule is COc1ccc([C@@H](C[N+](=O)[O-])Sc2nnc(C)n2-c2cccc(C)c2)cc1OC. The lowest BCUT2D eigenvalue weighted by atomic mass is 10.1. The summed E-state index contributed by atoms with van der Waals surface area (Å²) in [6.07, 6.45) is 0. The molecule has 3 aromatic rings. The van der Waals surface area contributed by atoms with Crippen molar-refractivity contribution in [2.24, 2.45) is 0 Å². The molecule has 0 unspecified atom stereocenters. The van der Waals surface area contributed by atoms with Crippen molar-refractivity contribution in [3.63, 3.8) is 0 Å². The molecule has 0 spiro atoms. The Kier molecular flexibility index (Phi) is 6.38. The average Bonchev–Trinajstić information content (AvgIpc) is 3.06. The van der Waals surface area contributed by atoms with Crippen LogP contribution < -0.4 is 9.47 Å². The summed E-state index contributed by atoms with van der Waals surface area (Å²) in [6.45, 7) is 3.60. The molecule has 1 heterocycles. The number of aryl methyl sites for hydroxylation is 2. The van der Waals surface area contributed by atoms with E-state index < -0.39 is 5.25 Å². The summed E-state index contributed by atoms with van der Waals surface area (Å²) < 4.78 is 12.5. The zero-order valence-electron chi connectivity index (χ0n) is 16.7. The molecule has 2 aromatic carbocycles. The lowest BCUT2D eigenvalue weighted by Gasteiger charge is -2.16. The maximum Gasteiger partial charge on any atom is 0.220 e. The number of benzene rings is 2. The number of ether oxygens (including phenoxy) is 2. The summed E-state index contributed by atoms with van der Waals surface area (Å²) in [7, 11) is 3.09. The molecule has 0 amide bonds. The van der Waals surface area contributed by atoms with Crippen molar-refractivity contribution in [1.82, 2.24) is 14.8 Å². The monoisotopic (exact) mass is 414 g/mol. The molecule has 0 saturated carbocycles. The third kappa shape index (κ3) is 4.68. The van der Waals surface area contributed by atoms with Crippen LogP contribution in [0.15, 0.2) is 47.6 Å². The third-order valence-corrected chi connectivity index (χ3v) is 5.58. The average molecular weight is 414 g/mol. The van der Waals surface area contributed by atoms with Crippen LogP contribution in [0, 0.1) is 24.0 Å². The molecule has 0 bridgehead atoms. The zero-order valence-corrected chi connectivity index (χ0v) is 17.5. The van der Waals surface area contributed by atoms with Gasteiger partial charge >= 0.3 is 0 Å². The summed E-state index contributed by atoms with van der Waals surface area (Å²) in [5.74, 6) is 1.81. The van der Waals surface area contributed by atoms with Crippen LogP contribution in [-0.4, -0.2) is 40.5 Å². The van der Waals surface area contributed by atoms with Crippen molar-refractivity contribution >= 4 is 11.8 Å². The van der Waals surface area contributed by atoms with E-state index in [2.05, 4.69) is 10.2 Å². The number of thioether (sulfide) groups is 1. The number of hydrogen-bond acceptors (Lipinski definition) is 7. The van der Waals surface area contributed by atoms with Gasteiger partial charge in [-0.15, -0.1) is 10.2 Å². The Morgan fingerprint density at radius 3 is 2.52 bits per heavy atom. The molecule has 1 atom stereocenters. The van der Waals surface area contributed by atoms with Crippen LogP contribution in [0.4, 0.5) is 0 Å². The number of hydrogen-bond donors (Lipinski definition) is 0. The van der Waals surface area contributed by atoms with Crippen molar-refractivity contribution in [1.29, 1.82) is 0 Å². The van der Waals surface area contributed by atoms with Gasteiger partial charge in [0.1, 0.15) is 11.1 Å². The quantitative estimate of drug-likeness (QED) is 0.312. The third-order valence-electron chi connectivity index (χ3n) is 4.40. The normalized spacial score (nSPS) is 11.9. The van der Waals surface area contributed by atoms with Crippen LogP contribution in [0.25, 0.3) is 5.69 Å². The summed E-state index contributed by atoms with van der Waals surface area (Å²) in [6, 6.07) is 13.3. The van der Waals surface area contributed by atoms with Gasteiger partial charge in [0.15, 0.2) is 16.7 Å². The predicted molar refractivity (Wildman–Crippen MR) is 111 cm³/mol.